The lowest BCUT2D eigenvalue weighted by molar-refractivity contribution is 0.296. The van der Waals surface area contributed by atoms with Gasteiger partial charge in [-0.25, -0.2) is 21.6 Å². The van der Waals surface area contributed by atoms with Crippen molar-refractivity contribution in [3.8, 4) is 0 Å². The first-order chi connectivity index (χ1) is 10.3. The molecule has 0 heterocycles. The first-order valence-electron chi connectivity index (χ1n) is 7.27. The number of benzene rings is 1. The lowest BCUT2D eigenvalue weighted by Gasteiger charge is -2.31. The highest BCUT2D eigenvalue weighted by molar-refractivity contribution is 7.93. The first-order valence-corrected chi connectivity index (χ1v) is 10.6. The Labute approximate surface area is 132 Å². The Morgan fingerprint density at radius 3 is 2.27 bits per heavy atom. The SMILES string of the molecule is CS(=O)(=O)c1ccccc1S(=O)(=O)NC1CCCCC1CN. The molecule has 0 saturated heterocycles. The van der Waals surface area contributed by atoms with Gasteiger partial charge in [-0.15, -0.1) is 0 Å². The minimum Gasteiger partial charge on any atom is -0.330 e. The van der Waals surface area contributed by atoms with Crippen LogP contribution in [0.1, 0.15) is 25.7 Å². The van der Waals surface area contributed by atoms with Gasteiger partial charge in [0.15, 0.2) is 9.84 Å². The molecule has 22 heavy (non-hydrogen) atoms. The molecule has 0 aromatic heterocycles. The standard InChI is InChI=1S/C14H22N2O4S2/c1-21(17,18)13-8-4-5-9-14(13)22(19,20)16-12-7-3-2-6-11(12)10-15/h4-5,8-9,11-12,16H,2-3,6-7,10,15H2,1H3. The summed E-state index contributed by atoms with van der Waals surface area (Å²) in [4.78, 5) is -0.374. The Morgan fingerprint density at radius 1 is 1.09 bits per heavy atom. The first kappa shape index (κ1) is 17.4. The van der Waals surface area contributed by atoms with Crippen molar-refractivity contribution < 1.29 is 16.8 Å². The highest BCUT2D eigenvalue weighted by Gasteiger charge is 2.31. The molecule has 0 aliphatic heterocycles. The van der Waals surface area contributed by atoms with Crippen LogP contribution >= 0.6 is 0 Å². The fourth-order valence-electron chi connectivity index (χ4n) is 2.89. The maximum absolute atomic E-state index is 12.6. The molecule has 1 aliphatic carbocycles. The van der Waals surface area contributed by atoms with Crippen LogP contribution in [-0.2, 0) is 19.9 Å². The van der Waals surface area contributed by atoms with Gasteiger partial charge < -0.3 is 5.73 Å². The molecule has 1 aliphatic rings. The van der Waals surface area contributed by atoms with E-state index in [0.717, 1.165) is 31.9 Å². The summed E-state index contributed by atoms with van der Waals surface area (Å²) in [6.45, 7) is 0.418. The second kappa shape index (κ2) is 6.66. The van der Waals surface area contributed by atoms with Gasteiger partial charge in [0, 0.05) is 12.3 Å². The highest BCUT2D eigenvalue weighted by Crippen LogP contribution is 2.27. The molecule has 2 rings (SSSR count). The average molecular weight is 346 g/mol. The lowest BCUT2D eigenvalue weighted by atomic mass is 9.85. The zero-order valence-electron chi connectivity index (χ0n) is 12.5. The largest absolute Gasteiger partial charge is 0.330 e. The lowest BCUT2D eigenvalue weighted by Crippen LogP contribution is -2.44. The molecule has 0 amide bonds. The van der Waals surface area contributed by atoms with E-state index < -0.39 is 19.9 Å². The number of nitrogens with one attached hydrogen (secondary N) is 1. The van der Waals surface area contributed by atoms with Crippen molar-refractivity contribution >= 4 is 19.9 Å². The number of rotatable bonds is 5. The Kier molecular flexibility index (Phi) is 5.26. The smallest absolute Gasteiger partial charge is 0.242 e. The van der Waals surface area contributed by atoms with Gasteiger partial charge in [0.25, 0.3) is 0 Å². The highest BCUT2D eigenvalue weighted by atomic mass is 32.2. The minimum atomic E-state index is -3.90. The van der Waals surface area contributed by atoms with Crippen LogP contribution in [0.5, 0.6) is 0 Å². The van der Waals surface area contributed by atoms with Crippen molar-refractivity contribution in [1.29, 1.82) is 0 Å². The predicted octanol–water partition coefficient (Wildman–Crippen LogP) is 0.886. The van der Waals surface area contributed by atoms with Gasteiger partial charge in [-0.05, 0) is 37.4 Å². The third-order valence-corrected chi connectivity index (χ3v) is 6.89. The average Bonchev–Trinajstić information content (AvgIpc) is 2.46. The van der Waals surface area contributed by atoms with E-state index >= 15 is 0 Å². The molecule has 124 valence electrons. The van der Waals surface area contributed by atoms with E-state index in [1.165, 1.54) is 24.3 Å². The van der Waals surface area contributed by atoms with Crippen LogP contribution in [-0.4, -0.2) is 35.7 Å². The molecule has 1 saturated carbocycles. The van der Waals surface area contributed by atoms with Crippen molar-refractivity contribution in [3.05, 3.63) is 24.3 Å². The molecule has 1 fully saturated rings. The predicted molar refractivity (Wildman–Crippen MR) is 84.7 cm³/mol. The summed E-state index contributed by atoms with van der Waals surface area (Å²) in [6, 6.07) is 5.42. The number of sulfonamides is 1. The monoisotopic (exact) mass is 346 g/mol. The van der Waals surface area contributed by atoms with E-state index in [-0.39, 0.29) is 21.8 Å². The van der Waals surface area contributed by atoms with Crippen molar-refractivity contribution in [2.45, 2.75) is 41.5 Å². The zero-order chi connectivity index (χ0) is 16.4. The van der Waals surface area contributed by atoms with Crippen molar-refractivity contribution in [1.82, 2.24) is 4.72 Å². The second-order valence-electron chi connectivity index (χ2n) is 5.73. The summed E-state index contributed by atoms with van der Waals surface area (Å²) >= 11 is 0. The summed E-state index contributed by atoms with van der Waals surface area (Å²) in [6.07, 6.45) is 4.60. The third-order valence-electron chi connectivity index (χ3n) is 4.06. The fourth-order valence-corrected chi connectivity index (χ4v) is 5.86. The minimum absolute atomic E-state index is 0.0916. The molecule has 0 radical (unpaired) electrons. The molecule has 0 bridgehead atoms. The molecule has 1 aromatic rings. The van der Waals surface area contributed by atoms with E-state index in [0.29, 0.717) is 6.54 Å². The zero-order valence-corrected chi connectivity index (χ0v) is 14.2. The van der Waals surface area contributed by atoms with E-state index in [1.807, 2.05) is 0 Å². The number of nitrogens with two attached hydrogens (primary N) is 1. The molecule has 2 unspecified atom stereocenters. The van der Waals surface area contributed by atoms with Crippen molar-refractivity contribution in [3.63, 3.8) is 0 Å². The van der Waals surface area contributed by atoms with E-state index in [1.54, 1.807) is 0 Å². The molecule has 8 heteroatoms. The summed E-state index contributed by atoms with van der Waals surface area (Å²) in [5, 5.41) is 0. The topological polar surface area (TPSA) is 106 Å². The summed E-state index contributed by atoms with van der Waals surface area (Å²) in [5.41, 5.74) is 5.72. The van der Waals surface area contributed by atoms with Crippen LogP contribution in [0, 0.1) is 5.92 Å². The molecular formula is C14H22N2O4S2. The Morgan fingerprint density at radius 2 is 1.68 bits per heavy atom. The van der Waals surface area contributed by atoms with Crippen LogP contribution in [0.3, 0.4) is 0 Å². The van der Waals surface area contributed by atoms with Gasteiger partial charge in [0.2, 0.25) is 10.0 Å². The Hall–Kier alpha value is -0.960. The van der Waals surface area contributed by atoms with Gasteiger partial charge in [0.05, 0.1) is 4.90 Å². The van der Waals surface area contributed by atoms with Gasteiger partial charge in [-0.2, -0.15) is 0 Å². The van der Waals surface area contributed by atoms with Crippen molar-refractivity contribution in [2.24, 2.45) is 11.7 Å². The van der Waals surface area contributed by atoms with Crippen LogP contribution in [0.4, 0.5) is 0 Å². The maximum Gasteiger partial charge on any atom is 0.242 e. The Balaban J connectivity index is 2.35. The molecular weight excluding hydrogens is 324 g/mol. The molecule has 1 aromatic carbocycles. The quantitative estimate of drug-likeness (QED) is 0.823. The molecule has 6 nitrogen and oxygen atoms in total. The van der Waals surface area contributed by atoms with Gasteiger partial charge >= 0.3 is 0 Å². The van der Waals surface area contributed by atoms with E-state index in [4.69, 9.17) is 5.73 Å². The van der Waals surface area contributed by atoms with Crippen molar-refractivity contribution in [2.75, 3.05) is 12.8 Å². The van der Waals surface area contributed by atoms with Gasteiger partial charge in [-0.1, -0.05) is 25.0 Å². The normalized spacial score (nSPS) is 23.4. The van der Waals surface area contributed by atoms with Crippen LogP contribution in [0.2, 0.25) is 0 Å². The maximum atomic E-state index is 12.6. The third kappa shape index (κ3) is 3.87. The number of sulfone groups is 1. The molecule has 0 spiro atoms. The van der Waals surface area contributed by atoms with E-state index in [2.05, 4.69) is 4.72 Å². The van der Waals surface area contributed by atoms with Crippen LogP contribution in [0.25, 0.3) is 0 Å². The number of hydrogen-bond acceptors (Lipinski definition) is 5. The summed E-state index contributed by atoms with van der Waals surface area (Å²) in [7, 11) is -7.52. The summed E-state index contributed by atoms with van der Waals surface area (Å²) in [5.74, 6) is 0.0916. The fraction of sp³-hybridized carbons (Fsp3) is 0.571. The Bertz CT molecular complexity index is 729. The van der Waals surface area contributed by atoms with Gasteiger partial charge in [-0.3, -0.25) is 0 Å². The van der Waals surface area contributed by atoms with Crippen LogP contribution in [0.15, 0.2) is 34.1 Å². The molecule has 3 N–H and O–H groups in total. The summed E-state index contributed by atoms with van der Waals surface area (Å²) < 4.78 is 51.5. The molecule has 2 atom stereocenters. The van der Waals surface area contributed by atoms with Gasteiger partial charge in [0.1, 0.15) is 4.90 Å². The van der Waals surface area contributed by atoms with E-state index in [9.17, 15) is 16.8 Å². The van der Waals surface area contributed by atoms with Crippen LogP contribution < -0.4 is 10.5 Å². The number of hydrogen-bond donors (Lipinski definition) is 2. The second-order valence-corrected chi connectivity index (χ2v) is 9.39.